The molecule has 0 atom stereocenters. The molecule has 0 spiro atoms. The van der Waals surface area contributed by atoms with Gasteiger partial charge >= 0.3 is 8.88 Å². The Bertz CT molecular complexity index is 281. The molecule has 0 aromatic heterocycles. The first kappa shape index (κ1) is 17.4. The van der Waals surface area contributed by atoms with Gasteiger partial charge in [-0.1, -0.05) is 39.5 Å². The van der Waals surface area contributed by atoms with Gasteiger partial charge in [0.2, 0.25) is 0 Å². The highest BCUT2D eigenvalue weighted by Gasteiger charge is 2.55. The molecule has 0 N–H and O–H groups in total. The monoisotopic (exact) mass is 314 g/mol. The number of nitrogens with zero attached hydrogens (tertiary/aromatic N) is 2. The molecule has 0 unspecified atom stereocenters. The molecule has 0 radical (unpaired) electrons. The van der Waals surface area contributed by atoms with Crippen LogP contribution < -0.4 is 0 Å². The van der Waals surface area contributed by atoms with Crippen molar-refractivity contribution >= 4 is 8.88 Å². The minimum absolute atomic E-state index is 0.667. The summed E-state index contributed by atoms with van der Waals surface area (Å²) in [6.07, 6.45) is 10.7. The van der Waals surface area contributed by atoms with Crippen LogP contribution in [0.4, 0.5) is 0 Å². The Hall–Kier alpha value is 0.0569. The van der Waals surface area contributed by atoms with Crippen LogP contribution in [0.15, 0.2) is 0 Å². The van der Waals surface area contributed by atoms with Crippen molar-refractivity contribution in [3.05, 3.63) is 0 Å². The average molecular weight is 315 g/mol. The summed E-state index contributed by atoms with van der Waals surface area (Å²) in [6, 6.07) is 1.33. The molecule has 0 aromatic rings. The minimum atomic E-state index is -2.47. The second-order valence-corrected chi connectivity index (χ2v) is 9.48. The topological polar surface area (TPSA) is 24.9 Å². The molecule has 0 heterocycles. The van der Waals surface area contributed by atoms with Gasteiger partial charge in [0.15, 0.2) is 0 Å². The average Bonchev–Trinajstić information content (AvgIpc) is 3.21. The second kappa shape index (κ2) is 8.06. The SMILES string of the molecule is CCN(CC)[Si](OC)(OC)N(C1CCCC1)C1CCCC1. The van der Waals surface area contributed by atoms with Gasteiger partial charge in [0.05, 0.1) is 0 Å². The van der Waals surface area contributed by atoms with E-state index >= 15 is 0 Å². The van der Waals surface area contributed by atoms with E-state index in [2.05, 4.69) is 23.0 Å². The maximum Gasteiger partial charge on any atom is 0.522 e. The van der Waals surface area contributed by atoms with Gasteiger partial charge in [-0.15, -0.1) is 0 Å². The molecule has 2 aliphatic carbocycles. The summed E-state index contributed by atoms with van der Waals surface area (Å²) in [5, 5.41) is 0. The molecule has 2 fully saturated rings. The molecule has 124 valence electrons. The molecule has 2 rings (SSSR count). The standard InChI is InChI=1S/C16H34N2O2Si/c1-5-17(6-2)21(19-3,20-4)18(15-11-7-8-12-15)16-13-9-10-14-16/h15-16H,5-14H2,1-4H3. The van der Waals surface area contributed by atoms with Gasteiger partial charge in [-0.2, -0.15) is 0 Å². The summed E-state index contributed by atoms with van der Waals surface area (Å²) in [7, 11) is 1.27. The molecule has 0 saturated heterocycles. The van der Waals surface area contributed by atoms with E-state index in [1.807, 2.05) is 14.2 Å². The summed E-state index contributed by atoms with van der Waals surface area (Å²) in [5.41, 5.74) is 0. The van der Waals surface area contributed by atoms with Gasteiger partial charge < -0.3 is 8.85 Å². The minimum Gasteiger partial charge on any atom is -0.374 e. The highest BCUT2D eigenvalue weighted by Crippen LogP contribution is 2.36. The van der Waals surface area contributed by atoms with Crippen molar-refractivity contribution in [2.45, 2.75) is 77.3 Å². The van der Waals surface area contributed by atoms with E-state index in [9.17, 15) is 0 Å². The van der Waals surface area contributed by atoms with Crippen LogP contribution in [0, 0.1) is 0 Å². The Morgan fingerprint density at radius 2 is 1.19 bits per heavy atom. The van der Waals surface area contributed by atoms with Gasteiger partial charge in [-0.25, -0.2) is 0 Å². The predicted molar refractivity (Wildman–Crippen MR) is 89.0 cm³/mol. The molecule has 5 heteroatoms. The van der Waals surface area contributed by atoms with Crippen molar-refractivity contribution in [1.82, 2.24) is 9.13 Å². The maximum atomic E-state index is 6.19. The molecule has 21 heavy (non-hydrogen) atoms. The summed E-state index contributed by atoms with van der Waals surface area (Å²) >= 11 is 0. The fourth-order valence-corrected chi connectivity index (χ4v) is 8.13. The van der Waals surface area contributed by atoms with Crippen LogP contribution in [0.2, 0.25) is 0 Å². The van der Waals surface area contributed by atoms with E-state index in [0.29, 0.717) is 12.1 Å². The third-order valence-electron chi connectivity index (χ3n) is 5.46. The van der Waals surface area contributed by atoms with Crippen molar-refractivity contribution < 1.29 is 8.85 Å². The lowest BCUT2D eigenvalue weighted by atomic mass is 10.2. The molecule has 0 aliphatic heterocycles. The molecule has 2 saturated carbocycles. The summed E-state index contributed by atoms with van der Waals surface area (Å²) < 4.78 is 17.6. The molecule has 4 nitrogen and oxygen atoms in total. The Morgan fingerprint density at radius 1 is 0.810 bits per heavy atom. The van der Waals surface area contributed by atoms with Crippen LogP contribution in [0.1, 0.15) is 65.2 Å². The number of hydrogen-bond donors (Lipinski definition) is 0. The van der Waals surface area contributed by atoms with Crippen LogP contribution in [0.5, 0.6) is 0 Å². The van der Waals surface area contributed by atoms with Crippen LogP contribution in [-0.4, -0.2) is 57.4 Å². The third-order valence-corrected chi connectivity index (χ3v) is 9.34. The van der Waals surface area contributed by atoms with E-state index < -0.39 is 8.88 Å². The fraction of sp³-hybridized carbons (Fsp3) is 1.00. The smallest absolute Gasteiger partial charge is 0.374 e. The van der Waals surface area contributed by atoms with Crippen molar-refractivity contribution in [3.63, 3.8) is 0 Å². The van der Waals surface area contributed by atoms with Crippen molar-refractivity contribution in [3.8, 4) is 0 Å². The van der Waals surface area contributed by atoms with Crippen molar-refractivity contribution in [2.75, 3.05) is 27.3 Å². The first-order valence-corrected chi connectivity index (χ1v) is 10.6. The summed E-state index contributed by atoms with van der Waals surface area (Å²) in [4.78, 5) is 0. The number of hydrogen-bond acceptors (Lipinski definition) is 4. The third kappa shape index (κ3) is 3.37. The molecular formula is C16H34N2O2Si. The largest absolute Gasteiger partial charge is 0.522 e. The highest BCUT2D eigenvalue weighted by atomic mass is 28.4. The number of rotatable bonds is 8. The zero-order valence-electron chi connectivity index (χ0n) is 14.4. The maximum absolute atomic E-state index is 6.19. The Labute approximate surface area is 132 Å². The van der Waals surface area contributed by atoms with E-state index in [4.69, 9.17) is 8.85 Å². The van der Waals surface area contributed by atoms with Gasteiger partial charge in [0.25, 0.3) is 0 Å². The zero-order chi connectivity index (χ0) is 15.3. The second-order valence-electron chi connectivity index (χ2n) is 6.41. The van der Waals surface area contributed by atoms with E-state index in [-0.39, 0.29) is 0 Å². The summed E-state index contributed by atoms with van der Waals surface area (Å²) in [6.45, 7) is 6.45. The van der Waals surface area contributed by atoms with Crippen LogP contribution in [0.25, 0.3) is 0 Å². The molecule has 2 aliphatic rings. The van der Waals surface area contributed by atoms with Gasteiger partial charge in [0.1, 0.15) is 0 Å². The Balaban J connectivity index is 2.32. The van der Waals surface area contributed by atoms with Crippen molar-refractivity contribution in [2.24, 2.45) is 0 Å². The first-order chi connectivity index (χ1) is 10.2. The van der Waals surface area contributed by atoms with Gasteiger partial charge in [-0.3, -0.25) is 9.13 Å². The van der Waals surface area contributed by atoms with Crippen LogP contribution in [0.3, 0.4) is 0 Å². The van der Waals surface area contributed by atoms with Gasteiger partial charge in [0, 0.05) is 26.3 Å². The fourth-order valence-electron chi connectivity index (χ4n) is 4.46. The summed E-state index contributed by atoms with van der Waals surface area (Å²) in [5.74, 6) is 0. The van der Waals surface area contributed by atoms with Crippen LogP contribution in [-0.2, 0) is 8.85 Å². The van der Waals surface area contributed by atoms with E-state index in [1.165, 1.54) is 51.4 Å². The Morgan fingerprint density at radius 3 is 1.48 bits per heavy atom. The normalized spacial score (nSPS) is 22.0. The van der Waals surface area contributed by atoms with E-state index in [1.54, 1.807) is 0 Å². The van der Waals surface area contributed by atoms with Gasteiger partial charge in [-0.05, 0) is 38.8 Å². The van der Waals surface area contributed by atoms with Crippen molar-refractivity contribution in [1.29, 1.82) is 0 Å². The lowest BCUT2D eigenvalue weighted by Gasteiger charge is -2.49. The predicted octanol–water partition coefficient (Wildman–Crippen LogP) is 3.24. The molecular weight excluding hydrogens is 280 g/mol. The highest BCUT2D eigenvalue weighted by molar-refractivity contribution is 6.61. The lowest BCUT2D eigenvalue weighted by Crippen LogP contribution is -2.72. The Kier molecular flexibility index (Phi) is 6.68. The molecule has 0 bridgehead atoms. The first-order valence-electron chi connectivity index (χ1n) is 8.87. The van der Waals surface area contributed by atoms with Crippen LogP contribution >= 0.6 is 0 Å². The zero-order valence-corrected chi connectivity index (χ0v) is 15.4. The lowest BCUT2D eigenvalue weighted by molar-refractivity contribution is 0.0570. The quantitative estimate of drug-likeness (QED) is 0.642. The van der Waals surface area contributed by atoms with E-state index in [0.717, 1.165) is 13.1 Å². The molecule has 0 amide bonds. The molecule has 0 aromatic carbocycles.